The highest BCUT2D eigenvalue weighted by Crippen LogP contribution is 2.37. The van der Waals surface area contributed by atoms with Crippen LogP contribution in [0.15, 0.2) is 81.5 Å². The van der Waals surface area contributed by atoms with Crippen molar-refractivity contribution in [2.45, 2.75) is 38.9 Å². The monoisotopic (exact) mass is 587 g/mol. The minimum absolute atomic E-state index is 0. The van der Waals surface area contributed by atoms with Crippen LogP contribution in [0.2, 0.25) is 0 Å². The van der Waals surface area contributed by atoms with E-state index in [2.05, 4.69) is 63.0 Å². The molecule has 0 amide bonds. The minimum Gasteiger partial charge on any atom is -0.491 e. The molecule has 0 radical (unpaired) electrons. The Morgan fingerprint density at radius 1 is 1.00 bits per heavy atom. The van der Waals surface area contributed by atoms with Crippen LogP contribution in [0.25, 0.3) is 21.2 Å². The van der Waals surface area contributed by atoms with Crippen molar-refractivity contribution in [2.24, 2.45) is 15.4 Å². The van der Waals surface area contributed by atoms with Gasteiger partial charge in [0.1, 0.15) is 37.4 Å². The first-order valence-electron chi connectivity index (χ1n) is 13.1. The van der Waals surface area contributed by atoms with Crippen LogP contribution < -0.4 is 9.47 Å². The number of fused-ring (bicyclic) bond motifs is 1. The fraction of sp³-hybridized carbons (Fsp3) is 0.281. The zero-order chi connectivity index (χ0) is 27.9. The van der Waals surface area contributed by atoms with Crippen molar-refractivity contribution in [3.05, 3.63) is 82.7 Å². The number of nitrogens with zero attached hydrogens (tertiary/aromatic N) is 3. The molecule has 41 heavy (non-hydrogen) atoms. The van der Waals surface area contributed by atoms with E-state index in [1.807, 2.05) is 44.2 Å². The van der Waals surface area contributed by atoms with Crippen molar-refractivity contribution in [3.8, 4) is 34.5 Å². The Morgan fingerprint density at radius 3 is 2.51 bits per heavy atom. The maximum Gasteiger partial charge on any atom is 0.119 e. The smallest absolute Gasteiger partial charge is 0.119 e. The molecule has 0 spiro atoms. The van der Waals surface area contributed by atoms with Crippen molar-refractivity contribution >= 4 is 40.6 Å². The second-order valence-corrected chi connectivity index (χ2v) is 10.6. The van der Waals surface area contributed by atoms with Crippen LogP contribution in [0.5, 0.6) is 11.5 Å². The van der Waals surface area contributed by atoms with Gasteiger partial charge in [-0.15, -0.1) is 22.4 Å². The number of aliphatic hydroxyl groups is 2. The summed E-state index contributed by atoms with van der Waals surface area (Å²) >= 11 is 1.72. The molecule has 0 aliphatic carbocycles. The third-order valence-electron chi connectivity index (χ3n) is 6.73. The molecule has 212 valence electrons. The first-order valence-corrected chi connectivity index (χ1v) is 14.0. The number of thiophene rings is 1. The van der Waals surface area contributed by atoms with Crippen LogP contribution in [0.1, 0.15) is 36.0 Å². The van der Waals surface area contributed by atoms with E-state index >= 15 is 0 Å². The van der Waals surface area contributed by atoms with Crippen LogP contribution in [0.4, 0.5) is 0 Å². The lowest BCUT2D eigenvalue weighted by atomic mass is 9.94. The average Bonchev–Trinajstić information content (AvgIpc) is 3.65. The van der Waals surface area contributed by atoms with Gasteiger partial charge in [0.2, 0.25) is 0 Å². The van der Waals surface area contributed by atoms with Crippen LogP contribution >= 0.6 is 24.8 Å². The molecule has 0 bridgehead atoms. The molecule has 2 heterocycles. The van der Waals surface area contributed by atoms with Crippen molar-refractivity contribution in [1.29, 1.82) is 0 Å². The summed E-state index contributed by atoms with van der Waals surface area (Å²) in [6.07, 6.45) is -0.170. The molecule has 3 aromatic carbocycles. The predicted octanol–water partition coefficient (Wildman–Crippen LogP) is 6.62. The minimum atomic E-state index is -0.892. The highest BCUT2D eigenvalue weighted by atomic mass is 32.1. The Hall–Kier alpha value is -3.68. The molecule has 9 heteroatoms. The lowest BCUT2D eigenvalue weighted by Crippen LogP contribution is -2.21. The molecule has 1 aliphatic rings. The lowest BCUT2D eigenvalue weighted by Gasteiger charge is -2.13. The molecule has 7 nitrogen and oxygen atoms in total. The van der Waals surface area contributed by atoms with Gasteiger partial charge in [-0.1, -0.05) is 30.2 Å². The Balaban J connectivity index is 0.00000387. The molecule has 5 rings (SSSR count). The van der Waals surface area contributed by atoms with E-state index in [0.29, 0.717) is 18.9 Å². The lowest BCUT2D eigenvalue weighted by molar-refractivity contribution is 0.0536. The van der Waals surface area contributed by atoms with Gasteiger partial charge in [-0.25, -0.2) is 0 Å². The first kappa shape index (κ1) is 30.3. The molecule has 1 unspecified atom stereocenters. The molecule has 1 aromatic heterocycles. The topological polar surface area (TPSA) is 96.0 Å². The third-order valence-corrected chi connectivity index (χ3v) is 7.69. The second-order valence-electron chi connectivity index (χ2n) is 9.67. The molecule has 0 saturated heterocycles. The molecular weight excluding hydrogens is 555 g/mol. The van der Waals surface area contributed by atoms with Gasteiger partial charge in [-0.2, -0.15) is 18.6 Å². The summed E-state index contributed by atoms with van der Waals surface area (Å²) in [7, 11) is 0. The van der Waals surface area contributed by atoms with E-state index in [-0.39, 0.29) is 32.6 Å². The number of ether oxygens (including phenoxy) is 2. The van der Waals surface area contributed by atoms with Crippen molar-refractivity contribution in [1.82, 2.24) is 0 Å². The number of benzene rings is 3. The maximum absolute atomic E-state index is 9.56. The van der Waals surface area contributed by atoms with E-state index in [1.165, 1.54) is 15.6 Å². The van der Waals surface area contributed by atoms with E-state index < -0.39 is 6.10 Å². The van der Waals surface area contributed by atoms with Gasteiger partial charge in [0.15, 0.2) is 0 Å². The predicted molar refractivity (Wildman–Crippen MR) is 170 cm³/mol. The van der Waals surface area contributed by atoms with E-state index in [1.54, 1.807) is 11.3 Å². The van der Waals surface area contributed by atoms with Crippen LogP contribution in [0.3, 0.4) is 0 Å². The summed E-state index contributed by atoms with van der Waals surface area (Å²) in [5.41, 5.74) is 6.54. The quantitative estimate of drug-likeness (QED) is 0.193. The number of hydrogen-bond donors (Lipinski definition) is 2. The second kappa shape index (κ2) is 14.3. The van der Waals surface area contributed by atoms with E-state index in [0.717, 1.165) is 40.1 Å². The van der Waals surface area contributed by atoms with Crippen molar-refractivity contribution in [2.75, 3.05) is 19.8 Å². The van der Waals surface area contributed by atoms with Gasteiger partial charge in [-0.05, 0) is 83.1 Å². The summed E-state index contributed by atoms with van der Waals surface area (Å²) in [5, 5.41) is 33.7. The van der Waals surface area contributed by atoms with Crippen molar-refractivity contribution in [3.63, 3.8) is 0 Å². The van der Waals surface area contributed by atoms with Gasteiger partial charge >= 0.3 is 0 Å². The Bertz CT molecular complexity index is 1600. The van der Waals surface area contributed by atoms with Gasteiger partial charge < -0.3 is 19.7 Å². The molecule has 2 N–H and O–H groups in total. The number of aliphatic hydroxyl groups excluding tert-OH is 2. The summed E-state index contributed by atoms with van der Waals surface area (Å²) < 4.78 is 13.0. The molecule has 1 aliphatic heterocycles. The van der Waals surface area contributed by atoms with Crippen LogP contribution in [-0.2, 0) is 6.61 Å². The highest BCUT2D eigenvalue weighted by Gasteiger charge is 2.15. The number of hydrogen-bond acceptors (Lipinski definition) is 8. The molecule has 4 aromatic rings. The normalized spacial score (nSPS) is 13.6. The fourth-order valence-electron chi connectivity index (χ4n) is 4.62. The summed E-state index contributed by atoms with van der Waals surface area (Å²) in [6.45, 7) is 4.64. The highest BCUT2D eigenvalue weighted by molar-refractivity contribution is 7.59. The molecule has 0 fully saturated rings. The van der Waals surface area contributed by atoms with E-state index in [4.69, 9.17) is 14.6 Å². The number of aryl methyl sites for hydroxylation is 1. The summed E-state index contributed by atoms with van der Waals surface area (Å²) in [6, 6.07) is 20.5. The standard InChI is InChI=1S/C32H31N3O4S.H2S/c1-3-4-24(15-25-16-33-35-34-25)23-6-8-27(9-7-23)38-18-22-5-12-32-30(14-22)31(20-40-32)29-11-10-28(13-21(29)2)39-19-26(37)17-36;/h5-14,20,24,26,36-37H,15-19H2,1-2H3;1H2/t24-,26?;/m0./s1. The van der Waals surface area contributed by atoms with Crippen LogP contribution in [-0.4, -0.2) is 41.8 Å². The summed E-state index contributed by atoms with van der Waals surface area (Å²) in [5.74, 6) is 7.83. The Kier molecular flexibility index (Phi) is 10.6. The SMILES string of the molecule is CC#C[C@@H](CC1=NN=NC1)c1ccc(OCc2ccc3scc(-c4ccc(OCC(O)CO)cc4C)c3c2)cc1.S. The molecule has 0 saturated carbocycles. The van der Waals surface area contributed by atoms with E-state index in [9.17, 15) is 5.11 Å². The number of rotatable bonds is 11. The van der Waals surface area contributed by atoms with Crippen molar-refractivity contribution < 1.29 is 19.7 Å². The average molecular weight is 588 g/mol. The zero-order valence-electron chi connectivity index (χ0n) is 23.0. The largest absolute Gasteiger partial charge is 0.491 e. The first-order chi connectivity index (χ1) is 19.5. The zero-order valence-corrected chi connectivity index (χ0v) is 24.8. The van der Waals surface area contributed by atoms with Gasteiger partial charge in [0.05, 0.1) is 18.2 Å². The Labute approximate surface area is 251 Å². The fourth-order valence-corrected chi connectivity index (χ4v) is 5.56. The van der Waals surface area contributed by atoms with Gasteiger partial charge in [-0.3, -0.25) is 0 Å². The summed E-state index contributed by atoms with van der Waals surface area (Å²) in [4.78, 5) is 0. The van der Waals surface area contributed by atoms with Crippen LogP contribution in [0, 0.1) is 18.8 Å². The third kappa shape index (κ3) is 7.54. The van der Waals surface area contributed by atoms with Gasteiger partial charge in [0.25, 0.3) is 0 Å². The Morgan fingerprint density at radius 2 is 1.80 bits per heavy atom. The molecular formula is C32H33N3O4S2. The van der Waals surface area contributed by atoms with Gasteiger partial charge in [0, 0.05) is 22.1 Å². The maximum atomic E-state index is 9.56. The molecule has 2 atom stereocenters.